The van der Waals surface area contributed by atoms with Gasteiger partial charge in [-0.2, -0.15) is 13.2 Å². The summed E-state index contributed by atoms with van der Waals surface area (Å²) in [6.45, 7) is 0. The molecule has 21 heavy (non-hydrogen) atoms. The summed E-state index contributed by atoms with van der Waals surface area (Å²) in [6.07, 6.45) is -3.21. The lowest BCUT2D eigenvalue weighted by molar-refractivity contribution is -0.137. The van der Waals surface area contributed by atoms with Crippen LogP contribution in [0.25, 0.3) is 5.70 Å². The van der Waals surface area contributed by atoms with Crippen LogP contribution >= 0.6 is 0 Å². The van der Waals surface area contributed by atoms with Crippen molar-refractivity contribution in [1.29, 1.82) is 0 Å². The van der Waals surface area contributed by atoms with Gasteiger partial charge >= 0.3 is 6.18 Å². The summed E-state index contributed by atoms with van der Waals surface area (Å²) in [5, 5.41) is 0. The number of ketones is 1. The summed E-state index contributed by atoms with van der Waals surface area (Å²) in [5.41, 5.74) is 6.10. The number of alkyl halides is 3. The van der Waals surface area contributed by atoms with E-state index < -0.39 is 17.5 Å². The van der Waals surface area contributed by atoms with Crippen LogP contribution in [0.1, 0.15) is 21.5 Å². The first kappa shape index (κ1) is 14.8. The van der Waals surface area contributed by atoms with Gasteiger partial charge in [-0.1, -0.05) is 42.5 Å². The molecule has 2 rings (SSSR count). The highest BCUT2D eigenvalue weighted by Gasteiger charge is 2.30. The molecule has 0 aliphatic rings. The molecule has 0 radical (unpaired) electrons. The molecule has 0 aliphatic heterocycles. The number of carbonyl (C=O) groups is 1. The summed E-state index contributed by atoms with van der Waals surface area (Å²) < 4.78 is 37.3. The maximum atomic E-state index is 12.4. The Morgan fingerprint density at radius 2 is 1.48 bits per heavy atom. The maximum Gasteiger partial charge on any atom is 0.416 e. The third-order valence-electron chi connectivity index (χ3n) is 2.89. The molecule has 0 saturated carbocycles. The van der Waals surface area contributed by atoms with E-state index in [-0.39, 0.29) is 11.3 Å². The van der Waals surface area contributed by atoms with Crippen LogP contribution in [0.2, 0.25) is 0 Å². The molecule has 0 spiro atoms. The second-order valence-corrected chi connectivity index (χ2v) is 4.41. The minimum absolute atomic E-state index is 0.155. The van der Waals surface area contributed by atoms with E-state index in [9.17, 15) is 18.0 Å². The van der Waals surface area contributed by atoms with E-state index in [0.717, 1.165) is 24.3 Å². The fourth-order valence-corrected chi connectivity index (χ4v) is 1.76. The Labute approximate surface area is 119 Å². The van der Waals surface area contributed by atoms with Gasteiger partial charge in [0.05, 0.1) is 5.56 Å². The summed E-state index contributed by atoms with van der Waals surface area (Å²) in [4.78, 5) is 12.0. The topological polar surface area (TPSA) is 43.1 Å². The predicted molar refractivity (Wildman–Crippen MR) is 74.4 cm³/mol. The number of hydrogen-bond acceptors (Lipinski definition) is 2. The van der Waals surface area contributed by atoms with E-state index >= 15 is 0 Å². The van der Waals surface area contributed by atoms with Gasteiger partial charge in [0.15, 0.2) is 5.78 Å². The van der Waals surface area contributed by atoms with Crippen molar-refractivity contribution in [2.45, 2.75) is 6.18 Å². The van der Waals surface area contributed by atoms with E-state index in [0.29, 0.717) is 5.56 Å². The van der Waals surface area contributed by atoms with Crippen molar-refractivity contribution in [2.24, 2.45) is 5.73 Å². The van der Waals surface area contributed by atoms with Gasteiger partial charge in [0, 0.05) is 17.3 Å². The van der Waals surface area contributed by atoms with Crippen molar-refractivity contribution in [1.82, 2.24) is 0 Å². The molecule has 0 atom stereocenters. The van der Waals surface area contributed by atoms with E-state index in [2.05, 4.69) is 0 Å². The van der Waals surface area contributed by atoms with Gasteiger partial charge < -0.3 is 5.73 Å². The molecule has 0 bridgehead atoms. The fraction of sp³-hybridized carbons (Fsp3) is 0.0625. The number of allylic oxidation sites excluding steroid dienone is 1. The molecule has 0 fully saturated rings. The van der Waals surface area contributed by atoms with Crippen molar-refractivity contribution in [3.63, 3.8) is 0 Å². The molecule has 0 aliphatic carbocycles. The Balaban J connectivity index is 2.21. The predicted octanol–water partition coefficient (Wildman–Crippen LogP) is 3.89. The van der Waals surface area contributed by atoms with Gasteiger partial charge in [-0.05, 0) is 17.7 Å². The highest BCUT2D eigenvalue weighted by atomic mass is 19.4. The van der Waals surface area contributed by atoms with Crippen molar-refractivity contribution in [3.05, 3.63) is 77.4 Å². The van der Waals surface area contributed by atoms with Crippen LogP contribution < -0.4 is 5.73 Å². The zero-order valence-electron chi connectivity index (χ0n) is 10.9. The van der Waals surface area contributed by atoms with Crippen LogP contribution in [0.5, 0.6) is 0 Å². The van der Waals surface area contributed by atoms with Crippen LogP contribution in [-0.2, 0) is 6.18 Å². The lowest BCUT2D eigenvalue weighted by Crippen LogP contribution is -2.06. The van der Waals surface area contributed by atoms with E-state index in [1.807, 2.05) is 6.07 Å². The Hall–Kier alpha value is -2.56. The van der Waals surface area contributed by atoms with Gasteiger partial charge in [0.25, 0.3) is 0 Å². The van der Waals surface area contributed by atoms with Crippen molar-refractivity contribution in [2.75, 3.05) is 0 Å². The number of carbonyl (C=O) groups excluding carboxylic acids is 1. The average Bonchev–Trinajstić information content (AvgIpc) is 2.47. The smallest absolute Gasteiger partial charge is 0.398 e. The SMILES string of the molecule is N/C(=C\C(=O)c1ccc(C(F)(F)F)cc1)c1ccccc1. The lowest BCUT2D eigenvalue weighted by Gasteiger charge is -2.06. The van der Waals surface area contributed by atoms with Crippen molar-refractivity contribution < 1.29 is 18.0 Å². The van der Waals surface area contributed by atoms with Gasteiger partial charge in [-0.15, -0.1) is 0 Å². The molecule has 0 amide bonds. The zero-order chi connectivity index (χ0) is 15.5. The molecule has 0 unspecified atom stereocenters. The third-order valence-corrected chi connectivity index (χ3v) is 2.89. The molecule has 108 valence electrons. The van der Waals surface area contributed by atoms with Crippen LogP contribution in [0, 0.1) is 0 Å². The second kappa shape index (κ2) is 5.83. The number of nitrogens with two attached hydrogens (primary N) is 1. The zero-order valence-corrected chi connectivity index (χ0v) is 10.9. The molecule has 5 heteroatoms. The molecule has 0 aromatic heterocycles. The first-order valence-electron chi connectivity index (χ1n) is 6.12. The highest BCUT2D eigenvalue weighted by Crippen LogP contribution is 2.29. The minimum Gasteiger partial charge on any atom is -0.398 e. The summed E-state index contributed by atoms with van der Waals surface area (Å²) in [7, 11) is 0. The van der Waals surface area contributed by atoms with E-state index in [1.165, 1.54) is 6.08 Å². The summed E-state index contributed by atoms with van der Waals surface area (Å²) in [6, 6.07) is 12.9. The Bertz CT molecular complexity index is 658. The number of rotatable bonds is 3. The van der Waals surface area contributed by atoms with E-state index in [4.69, 9.17) is 5.73 Å². The van der Waals surface area contributed by atoms with Crippen molar-refractivity contribution >= 4 is 11.5 Å². The standard InChI is InChI=1S/C16H12F3NO/c17-16(18,19)13-8-6-12(7-9-13)15(21)10-14(20)11-4-2-1-3-5-11/h1-10H,20H2/b14-10-. The first-order chi connectivity index (χ1) is 9.88. The fourth-order valence-electron chi connectivity index (χ4n) is 1.76. The lowest BCUT2D eigenvalue weighted by atomic mass is 10.1. The molecule has 2 N–H and O–H groups in total. The molecular formula is C16H12F3NO. The highest BCUT2D eigenvalue weighted by molar-refractivity contribution is 6.08. The van der Waals surface area contributed by atoms with Gasteiger partial charge in [0.2, 0.25) is 0 Å². The Kier molecular flexibility index (Phi) is 4.12. The second-order valence-electron chi connectivity index (χ2n) is 4.41. The quantitative estimate of drug-likeness (QED) is 0.688. The molecule has 2 nitrogen and oxygen atoms in total. The number of hydrogen-bond donors (Lipinski definition) is 1. The van der Waals surface area contributed by atoms with Crippen LogP contribution in [-0.4, -0.2) is 5.78 Å². The van der Waals surface area contributed by atoms with Gasteiger partial charge in [0.1, 0.15) is 0 Å². The monoisotopic (exact) mass is 291 g/mol. The molecular weight excluding hydrogens is 279 g/mol. The molecule has 0 heterocycles. The minimum atomic E-state index is -4.42. The maximum absolute atomic E-state index is 12.4. The van der Waals surface area contributed by atoms with E-state index in [1.54, 1.807) is 24.3 Å². The third kappa shape index (κ3) is 3.72. The Morgan fingerprint density at radius 1 is 0.905 bits per heavy atom. The Morgan fingerprint density at radius 3 is 2.00 bits per heavy atom. The summed E-state index contributed by atoms with van der Waals surface area (Å²) >= 11 is 0. The summed E-state index contributed by atoms with van der Waals surface area (Å²) in [5.74, 6) is -0.440. The largest absolute Gasteiger partial charge is 0.416 e. The molecule has 2 aromatic carbocycles. The van der Waals surface area contributed by atoms with Gasteiger partial charge in [-0.25, -0.2) is 0 Å². The molecule has 0 saturated heterocycles. The van der Waals surface area contributed by atoms with Crippen molar-refractivity contribution in [3.8, 4) is 0 Å². The average molecular weight is 291 g/mol. The molecule has 2 aromatic rings. The van der Waals surface area contributed by atoms with Crippen LogP contribution in [0.4, 0.5) is 13.2 Å². The van der Waals surface area contributed by atoms with Crippen LogP contribution in [0.15, 0.2) is 60.7 Å². The van der Waals surface area contributed by atoms with Gasteiger partial charge in [-0.3, -0.25) is 4.79 Å². The first-order valence-corrected chi connectivity index (χ1v) is 6.12. The number of benzene rings is 2. The van der Waals surface area contributed by atoms with Crippen LogP contribution in [0.3, 0.4) is 0 Å². The number of halogens is 3. The normalized spacial score (nSPS) is 12.2.